The van der Waals surface area contributed by atoms with Gasteiger partial charge in [0.2, 0.25) is 22.9 Å². The molecule has 5 aliphatic heterocycles. The molecule has 260 valence electrons. The van der Waals surface area contributed by atoms with Crippen molar-refractivity contribution in [3.63, 3.8) is 0 Å². The van der Waals surface area contributed by atoms with E-state index in [9.17, 15) is 34.5 Å². The number of nitrogens with one attached hydrogen (secondary N) is 2. The Balaban J connectivity index is 0.000000177. The van der Waals surface area contributed by atoms with E-state index in [1.807, 2.05) is 0 Å². The Morgan fingerprint density at radius 2 is 1.26 bits per heavy atom. The molecule has 5 heterocycles. The number of aliphatic hydroxyl groups excluding tert-OH is 3. The minimum atomic E-state index is -1.53. The number of epoxide rings is 1. The van der Waals surface area contributed by atoms with Gasteiger partial charge in [0.25, 0.3) is 0 Å². The second kappa shape index (κ2) is 12.6. The smallest absolute Gasteiger partial charge is 0.339 e. The van der Waals surface area contributed by atoms with Crippen LogP contribution in [0.3, 0.4) is 0 Å². The van der Waals surface area contributed by atoms with Gasteiger partial charge in [-0.3, -0.25) is 9.59 Å². The number of carbonyl (C=O) groups excluding carboxylic acids is 4. The van der Waals surface area contributed by atoms with Crippen molar-refractivity contribution in [1.29, 1.82) is 0 Å². The highest BCUT2D eigenvalue weighted by molar-refractivity contribution is 6.21. The first kappa shape index (κ1) is 36.2. The molecule has 14 atom stereocenters. The topological polar surface area (TPSA) is 184 Å². The standard InChI is InChI=1S/C15H21Cl2NO5.C15H20ClNO5.ClH/c1-14-8(5-6-16)12(21)18-15(14,13(22)23-14)11(20)7-3-2-4-9(17)10(7)19;1-14-8(5-6-16)12(19)17-15(14,13(20)22-14)11(18)7-3-2-4-9-10(7)21-9;/h7-11,19-20H,2-6H2,1H3,(H,18,21);7-11,18H,2-6H2,1H3,(H,17,19);1H/t2*7-,8-,9?,10?,11-,14-,15-;/m00./s1. The molecule has 0 radical (unpaired) electrons. The van der Waals surface area contributed by atoms with Gasteiger partial charge in [-0.1, -0.05) is 12.8 Å². The number of fused-ring (bicyclic) bond motifs is 3. The fourth-order valence-corrected chi connectivity index (χ4v) is 9.88. The Kier molecular flexibility index (Phi) is 9.94. The first-order valence-corrected chi connectivity index (χ1v) is 17.3. The van der Waals surface area contributed by atoms with E-state index >= 15 is 0 Å². The van der Waals surface area contributed by atoms with E-state index in [1.165, 1.54) is 0 Å². The van der Waals surface area contributed by atoms with Crippen LogP contribution in [0.25, 0.3) is 0 Å². The first-order chi connectivity index (χ1) is 21.2. The van der Waals surface area contributed by atoms with Gasteiger partial charge >= 0.3 is 11.9 Å². The van der Waals surface area contributed by atoms with Crippen molar-refractivity contribution in [1.82, 2.24) is 10.6 Å². The summed E-state index contributed by atoms with van der Waals surface area (Å²) in [6, 6.07) is 0. The van der Waals surface area contributed by atoms with Crippen LogP contribution in [0, 0.1) is 23.7 Å². The molecule has 0 aromatic rings. The maximum absolute atomic E-state index is 12.3. The molecule has 5 saturated heterocycles. The van der Waals surface area contributed by atoms with Crippen molar-refractivity contribution in [2.45, 2.75) is 123 Å². The van der Waals surface area contributed by atoms with E-state index < -0.39 is 75.7 Å². The highest BCUT2D eigenvalue weighted by Gasteiger charge is 2.81. The number of ether oxygens (including phenoxy) is 3. The Labute approximate surface area is 288 Å². The van der Waals surface area contributed by atoms with Crippen molar-refractivity contribution in [3.8, 4) is 0 Å². The Morgan fingerprint density at radius 3 is 1.74 bits per heavy atom. The fraction of sp³-hybridized carbons (Fsp3) is 0.867. The summed E-state index contributed by atoms with van der Waals surface area (Å²) < 4.78 is 16.3. The average Bonchev–Trinajstić information content (AvgIpc) is 3.74. The summed E-state index contributed by atoms with van der Waals surface area (Å²) in [7, 11) is 0. The van der Waals surface area contributed by atoms with E-state index in [1.54, 1.807) is 13.8 Å². The minimum Gasteiger partial charge on any atom is -0.453 e. The Bertz CT molecular complexity index is 1260. The number of carbonyl (C=O) groups is 4. The summed E-state index contributed by atoms with van der Waals surface area (Å²) in [6.07, 6.45) is 2.47. The van der Waals surface area contributed by atoms with Crippen molar-refractivity contribution in [2.24, 2.45) is 23.7 Å². The molecule has 0 bridgehead atoms. The van der Waals surface area contributed by atoms with Crippen LogP contribution in [-0.4, -0.2) is 109 Å². The zero-order valence-corrected chi connectivity index (χ0v) is 28.7. The maximum atomic E-state index is 12.3. The monoisotopic (exact) mass is 730 g/mol. The molecular weight excluding hydrogens is 690 g/mol. The fourth-order valence-electron chi connectivity index (χ4n) is 9.10. The predicted octanol–water partition coefficient (Wildman–Crippen LogP) is 1.31. The molecule has 7 aliphatic rings. The largest absolute Gasteiger partial charge is 0.453 e. The van der Waals surface area contributed by atoms with Crippen LogP contribution >= 0.6 is 47.2 Å². The molecule has 0 spiro atoms. The molecule has 0 aromatic carbocycles. The van der Waals surface area contributed by atoms with Crippen LogP contribution in [0.15, 0.2) is 0 Å². The molecular formula is C30H42Cl4N2O10. The third-order valence-corrected chi connectivity index (χ3v) is 12.7. The van der Waals surface area contributed by atoms with Gasteiger partial charge in [-0.05, 0) is 52.4 Å². The Morgan fingerprint density at radius 1 is 0.804 bits per heavy atom. The predicted molar refractivity (Wildman–Crippen MR) is 167 cm³/mol. The number of hydrogen-bond acceptors (Lipinski definition) is 10. The van der Waals surface area contributed by atoms with Crippen LogP contribution in [0.5, 0.6) is 0 Å². The van der Waals surface area contributed by atoms with E-state index in [-0.39, 0.29) is 48.2 Å². The van der Waals surface area contributed by atoms with Gasteiger partial charge in [-0.2, -0.15) is 0 Å². The lowest BCUT2D eigenvalue weighted by molar-refractivity contribution is -0.243. The highest BCUT2D eigenvalue weighted by Crippen LogP contribution is 2.56. The molecule has 7 rings (SSSR count). The number of rotatable bonds is 8. The number of amides is 2. The maximum Gasteiger partial charge on any atom is 0.339 e. The molecule has 12 nitrogen and oxygen atoms in total. The molecule has 0 aromatic heterocycles. The van der Waals surface area contributed by atoms with Crippen molar-refractivity contribution >= 4 is 71.0 Å². The summed E-state index contributed by atoms with van der Waals surface area (Å²) >= 11 is 17.6. The number of aliphatic hydroxyl groups is 3. The summed E-state index contributed by atoms with van der Waals surface area (Å²) in [5.74, 6) is -3.14. The second-order valence-electron chi connectivity index (χ2n) is 13.9. The third-order valence-electron chi connectivity index (χ3n) is 11.8. The lowest BCUT2D eigenvalue weighted by Crippen LogP contribution is -2.80. The van der Waals surface area contributed by atoms with Gasteiger partial charge < -0.3 is 40.2 Å². The molecule has 16 heteroatoms. The van der Waals surface area contributed by atoms with Crippen molar-refractivity contribution in [2.75, 3.05) is 11.8 Å². The molecule has 4 unspecified atom stereocenters. The number of hydrogen-bond donors (Lipinski definition) is 5. The zero-order valence-electron chi connectivity index (χ0n) is 25.6. The van der Waals surface area contributed by atoms with E-state index in [2.05, 4.69) is 10.6 Å². The van der Waals surface area contributed by atoms with Crippen LogP contribution < -0.4 is 10.6 Å². The van der Waals surface area contributed by atoms with Gasteiger partial charge in [0.15, 0.2) is 11.2 Å². The number of halogens is 4. The van der Waals surface area contributed by atoms with Crippen molar-refractivity contribution < 1.29 is 48.7 Å². The quantitative estimate of drug-likeness (QED) is 0.139. The lowest BCUT2D eigenvalue weighted by atomic mass is 9.63. The number of esters is 2. The zero-order chi connectivity index (χ0) is 32.7. The van der Waals surface area contributed by atoms with E-state index in [0.717, 1.165) is 25.7 Å². The SMILES string of the molecule is C[C@@]12OC(=O)[C@]1([C@@H](O)[C@H]1CCCC(Cl)C1O)NC(=O)[C@@H]2CCCl.C[C@@]12OC(=O)[C@]1([C@@H](O)[C@H]1CCCC3OC31)NC(=O)[C@@H]2CCCl.Cl. The first-order valence-electron chi connectivity index (χ1n) is 15.8. The van der Waals surface area contributed by atoms with Crippen LogP contribution in [0.1, 0.15) is 65.2 Å². The van der Waals surface area contributed by atoms with Gasteiger partial charge in [-0.25, -0.2) is 9.59 Å². The molecule has 2 amide bonds. The van der Waals surface area contributed by atoms with Gasteiger partial charge in [0.05, 0.1) is 47.7 Å². The molecule has 2 aliphatic carbocycles. The van der Waals surface area contributed by atoms with E-state index in [4.69, 9.17) is 49.0 Å². The van der Waals surface area contributed by atoms with Crippen LogP contribution in [0.4, 0.5) is 0 Å². The second-order valence-corrected chi connectivity index (χ2v) is 15.2. The Hall–Kier alpha value is -1.12. The molecule has 46 heavy (non-hydrogen) atoms. The lowest BCUT2D eigenvalue weighted by Gasteiger charge is -2.55. The summed E-state index contributed by atoms with van der Waals surface area (Å²) in [4.78, 5) is 49.2. The van der Waals surface area contributed by atoms with Gasteiger partial charge in [0, 0.05) is 23.6 Å². The average molecular weight is 732 g/mol. The van der Waals surface area contributed by atoms with Crippen molar-refractivity contribution in [3.05, 3.63) is 0 Å². The highest BCUT2D eigenvalue weighted by atomic mass is 35.5. The molecule has 5 N–H and O–H groups in total. The van der Waals surface area contributed by atoms with Crippen LogP contribution in [-0.2, 0) is 33.4 Å². The van der Waals surface area contributed by atoms with Gasteiger partial charge in [-0.15, -0.1) is 47.2 Å². The summed E-state index contributed by atoms with van der Waals surface area (Å²) in [5, 5.41) is 37.1. The number of alkyl halides is 3. The molecule has 7 fully saturated rings. The third kappa shape index (κ3) is 4.82. The normalized spacial score (nSPS) is 47.7. The molecule has 2 saturated carbocycles. The summed E-state index contributed by atoms with van der Waals surface area (Å²) in [6.45, 7) is 3.36. The van der Waals surface area contributed by atoms with E-state index in [0.29, 0.717) is 31.6 Å². The van der Waals surface area contributed by atoms with Crippen LogP contribution in [0.2, 0.25) is 0 Å². The minimum absolute atomic E-state index is 0. The van der Waals surface area contributed by atoms with Gasteiger partial charge in [0.1, 0.15) is 0 Å². The summed E-state index contributed by atoms with van der Waals surface area (Å²) in [5.41, 5.74) is -5.06.